The summed E-state index contributed by atoms with van der Waals surface area (Å²) in [4.78, 5) is 18.8. The molecule has 174 valence electrons. The number of thiophene rings is 1. The number of aromatic nitrogens is 3. The Balaban J connectivity index is 1.33. The molecule has 33 heavy (non-hydrogen) atoms. The Morgan fingerprint density at radius 2 is 2.12 bits per heavy atom. The minimum Gasteiger partial charge on any atom is -0.365 e. The first-order valence-corrected chi connectivity index (χ1v) is 11.7. The molecule has 0 bridgehead atoms. The van der Waals surface area contributed by atoms with E-state index in [-0.39, 0.29) is 5.56 Å². The van der Waals surface area contributed by atoms with E-state index in [2.05, 4.69) is 15.0 Å². The molecule has 3 aromatic rings. The maximum absolute atomic E-state index is 14.3. The zero-order chi connectivity index (χ0) is 23.4. The van der Waals surface area contributed by atoms with Gasteiger partial charge in [-0.1, -0.05) is 11.6 Å². The summed E-state index contributed by atoms with van der Waals surface area (Å²) in [7, 11) is 0. The Morgan fingerprint density at radius 1 is 1.36 bits per heavy atom. The lowest BCUT2D eigenvalue weighted by Crippen LogP contribution is -2.48. The number of fused-ring (bicyclic) bond motifs is 2. The molecule has 0 saturated carbocycles. The van der Waals surface area contributed by atoms with Gasteiger partial charge in [0.2, 0.25) is 0 Å². The molecule has 2 N–H and O–H groups in total. The van der Waals surface area contributed by atoms with Crippen LogP contribution < -0.4 is 5.73 Å². The van der Waals surface area contributed by atoms with Crippen molar-refractivity contribution in [3.8, 4) is 5.82 Å². The van der Waals surface area contributed by atoms with E-state index in [1.807, 2.05) is 13.1 Å². The van der Waals surface area contributed by atoms with Crippen LogP contribution in [-0.4, -0.2) is 45.3 Å². The lowest BCUT2D eigenvalue weighted by Gasteiger charge is -2.45. The largest absolute Gasteiger partial charge is 0.365 e. The van der Waals surface area contributed by atoms with Crippen LogP contribution in [0.2, 0.25) is 4.34 Å². The summed E-state index contributed by atoms with van der Waals surface area (Å²) < 4.78 is 36.4. The van der Waals surface area contributed by atoms with Crippen LogP contribution in [0.25, 0.3) is 5.82 Å². The Labute approximate surface area is 198 Å². The number of halogens is 3. The van der Waals surface area contributed by atoms with Crippen molar-refractivity contribution >= 4 is 28.8 Å². The molecule has 0 aromatic carbocycles. The van der Waals surface area contributed by atoms with Crippen LogP contribution in [-0.2, 0) is 22.8 Å². The zero-order valence-electron chi connectivity index (χ0n) is 17.9. The quantitative estimate of drug-likeness (QED) is 0.593. The number of primary amides is 1. The van der Waals surface area contributed by atoms with Crippen molar-refractivity contribution in [2.45, 2.75) is 37.8 Å². The van der Waals surface area contributed by atoms with Crippen molar-refractivity contribution in [3.63, 3.8) is 0 Å². The van der Waals surface area contributed by atoms with Crippen molar-refractivity contribution in [1.29, 1.82) is 0 Å². The molecule has 1 spiro atoms. The van der Waals surface area contributed by atoms with Crippen LogP contribution in [0.1, 0.15) is 44.9 Å². The molecule has 7 nitrogen and oxygen atoms in total. The number of alkyl halides is 2. The number of rotatable bonds is 4. The Morgan fingerprint density at radius 3 is 2.85 bits per heavy atom. The van der Waals surface area contributed by atoms with Gasteiger partial charge in [0.05, 0.1) is 15.6 Å². The van der Waals surface area contributed by atoms with Gasteiger partial charge >= 0.3 is 0 Å². The van der Waals surface area contributed by atoms with Gasteiger partial charge in [-0.2, -0.15) is 13.9 Å². The van der Waals surface area contributed by atoms with Crippen LogP contribution in [0.5, 0.6) is 0 Å². The van der Waals surface area contributed by atoms with E-state index in [0.717, 1.165) is 11.3 Å². The fraction of sp³-hybridized carbons (Fsp3) is 0.409. The first-order chi connectivity index (χ1) is 15.7. The highest BCUT2D eigenvalue weighted by Gasteiger charge is 2.51. The number of piperidine rings is 1. The number of ether oxygens (including phenoxy) is 1. The minimum atomic E-state index is -3.01. The molecule has 5 heterocycles. The summed E-state index contributed by atoms with van der Waals surface area (Å²) in [6.45, 7) is 3.28. The molecular formula is C22H22ClF2N5O2S. The van der Waals surface area contributed by atoms with Crippen molar-refractivity contribution in [2.24, 2.45) is 5.73 Å². The number of carbonyl (C=O) groups is 1. The Hall–Kier alpha value is -2.40. The maximum atomic E-state index is 14.3. The number of likely N-dealkylation sites (tertiary alicyclic amines) is 1. The first kappa shape index (κ1) is 22.4. The second-order valence-electron chi connectivity index (χ2n) is 8.48. The van der Waals surface area contributed by atoms with Gasteiger partial charge in [0.25, 0.3) is 11.8 Å². The van der Waals surface area contributed by atoms with E-state index >= 15 is 0 Å². The first-order valence-electron chi connectivity index (χ1n) is 10.5. The predicted molar refractivity (Wildman–Crippen MR) is 120 cm³/mol. The SMILES string of the molecule is Cc1nn(-c2ncccc2C(N)=O)cc1CN1CCC2(CC1)OCC(F)(F)c1cc(Cl)sc12. The standard InChI is InChI=1S/C22H22ClF2N5O2S/c1-13-14(11-30(28-13)20-15(19(26)31)3-2-6-27-20)10-29-7-4-21(5-8-29)18-16(9-17(23)33-18)22(24,25)12-32-21/h2-3,6,9,11H,4-5,7-8,10,12H2,1H3,(H2,26,31). The van der Waals surface area contributed by atoms with Gasteiger partial charge < -0.3 is 10.5 Å². The third-order valence-electron chi connectivity index (χ3n) is 6.37. The van der Waals surface area contributed by atoms with E-state index in [9.17, 15) is 13.6 Å². The van der Waals surface area contributed by atoms with Crippen molar-refractivity contribution in [3.05, 3.63) is 62.2 Å². The van der Waals surface area contributed by atoms with Gasteiger partial charge in [0, 0.05) is 48.0 Å². The molecule has 0 radical (unpaired) electrons. The van der Waals surface area contributed by atoms with Crippen molar-refractivity contribution in [1.82, 2.24) is 19.7 Å². The molecule has 0 unspecified atom stereocenters. The second-order valence-corrected chi connectivity index (χ2v) is 10.2. The molecule has 1 fully saturated rings. The summed E-state index contributed by atoms with van der Waals surface area (Å²) >= 11 is 7.29. The van der Waals surface area contributed by atoms with E-state index in [1.165, 1.54) is 17.4 Å². The number of nitrogens with two attached hydrogens (primary N) is 1. The van der Waals surface area contributed by atoms with Crippen LogP contribution in [0.15, 0.2) is 30.6 Å². The fourth-order valence-electron chi connectivity index (χ4n) is 4.56. The van der Waals surface area contributed by atoms with Crippen molar-refractivity contribution in [2.75, 3.05) is 19.7 Å². The van der Waals surface area contributed by atoms with Gasteiger partial charge in [0.15, 0.2) is 5.82 Å². The topological polar surface area (TPSA) is 86.3 Å². The molecule has 11 heteroatoms. The van der Waals surface area contributed by atoms with Crippen LogP contribution in [0, 0.1) is 6.92 Å². The summed E-state index contributed by atoms with van der Waals surface area (Å²) in [5.74, 6) is -3.20. The maximum Gasteiger partial charge on any atom is 0.297 e. The summed E-state index contributed by atoms with van der Waals surface area (Å²) in [5.41, 5.74) is 6.87. The molecular weight excluding hydrogens is 472 g/mol. The molecule has 2 aliphatic rings. The molecule has 0 aliphatic carbocycles. The average molecular weight is 494 g/mol. The molecule has 1 amide bonds. The van der Waals surface area contributed by atoms with Gasteiger partial charge in [-0.25, -0.2) is 9.67 Å². The highest BCUT2D eigenvalue weighted by molar-refractivity contribution is 7.16. The number of hydrogen-bond donors (Lipinski definition) is 1. The van der Waals surface area contributed by atoms with E-state index in [1.54, 1.807) is 23.0 Å². The third-order valence-corrected chi connectivity index (χ3v) is 7.82. The van der Waals surface area contributed by atoms with Crippen LogP contribution in [0.3, 0.4) is 0 Å². The number of hydrogen-bond acceptors (Lipinski definition) is 6. The second kappa shape index (κ2) is 8.12. The molecule has 1 saturated heterocycles. The molecule has 0 atom stereocenters. The van der Waals surface area contributed by atoms with E-state index in [4.69, 9.17) is 22.1 Å². The lowest BCUT2D eigenvalue weighted by molar-refractivity contribution is -0.182. The van der Waals surface area contributed by atoms with Gasteiger partial charge in [0.1, 0.15) is 12.2 Å². The highest BCUT2D eigenvalue weighted by Crippen LogP contribution is 2.52. The van der Waals surface area contributed by atoms with Gasteiger partial charge in [-0.05, 0) is 38.0 Å². The summed E-state index contributed by atoms with van der Waals surface area (Å²) in [6, 6.07) is 4.65. The molecule has 3 aromatic heterocycles. The smallest absolute Gasteiger partial charge is 0.297 e. The highest BCUT2D eigenvalue weighted by atomic mass is 35.5. The number of aryl methyl sites for hydroxylation is 1. The van der Waals surface area contributed by atoms with Crippen LogP contribution >= 0.6 is 22.9 Å². The number of nitrogens with zero attached hydrogens (tertiary/aromatic N) is 4. The fourth-order valence-corrected chi connectivity index (χ4v) is 6.04. The van der Waals surface area contributed by atoms with E-state index in [0.29, 0.717) is 53.1 Å². The van der Waals surface area contributed by atoms with Gasteiger partial charge in [-0.15, -0.1) is 11.3 Å². The number of carbonyl (C=O) groups excluding carboxylic acids is 1. The monoisotopic (exact) mass is 493 g/mol. The minimum absolute atomic E-state index is 0.00920. The normalized spacial score (nSPS) is 19.5. The number of amides is 1. The zero-order valence-corrected chi connectivity index (χ0v) is 19.4. The Bertz CT molecular complexity index is 1220. The molecule has 2 aliphatic heterocycles. The summed E-state index contributed by atoms with van der Waals surface area (Å²) in [6.07, 6.45) is 4.64. The summed E-state index contributed by atoms with van der Waals surface area (Å²) in [5, 5.41) is 4.52. The van der Waals surface area contributed by atoms with Crippen molar-refractivity contribution < 1.29 is 18.3 Å². The predicted octanol–water partition coefficient (Wildman–Crippen LogP) is 4.00. The number of pyridine rings is 1. The lowest BCUT2D eigenvalue weighted by atomic mass is 9.84. The van der Waals surface area contributed by atoms with E-state index < -0.39 is 24.0 Å². The van der Waals surface area contributed by atoms with Gasteiger partial charge in [-0.3, -0.25) is 9.69 Å². The average Bonchev–Trinajstić information content (AvgIpc) is 3.37. The Kier molecular flexibility index (Phi) is 5.51. The molecule has 5 rings (SSSR count). The third kappa shape index (κ3) is 3.95. The van der Waals surface area contributed by atoms with Crippen LogP contribution in [0.4, 0.5) is 8.78 Å².